The molecule has 0 radical (unpaired) electrons. The number of rotatable bonds is 4. The minimum absolute atomic E-state index is 0.0553. The summed E-state index contributed by atoms with van der Waals surface area (Å²) < 4.78 is 0. The quantitative estimate of drug-likeness (QED) is 0.411. The van der Waals surface area contributed by atoms with Crippen molar-refractivity contribution in [1.29, 1.82) is 0 Å². The fourth-order valence-electron chi connectivity index (χ4n) is 4.85. The minimum Gasteiger partial charge on any atom is -0.344 e. The molecule has 166 valence electrons. The van der Waals surface area contributed by atoms with Crippen LogP contribution in [-0.2, 0) is 16.0 Å². The summed E-state index contributed by atoms with van der Waals surface area (Å²) in [6, 6.07) is 20.7. The lowest BCUT2D eigenvalue weighted by molar-refractivity contribution is -0.123. The second-order valence-electron chi connectivity index (χ2n) is 8.44. The van der Waals surface area contributed by atoms with Crippen LogP contribution in [0.15, 0.2) is 89.2 Å². The smallest absolute Gasteiger partial charge is 0.263 e. The molecule has 0 atom stereocenters. The highest BCUT2D eigenvalue weighted by molar-refractivity contribution is 7.80. The molecule has 33 heavy (non-hydrogen) atoms. The lowest BCUT2D eigenvalue weighted by Crippen LogP contribution is -2.52. The van der Waals surface area contributed by atoms with Gasteiger partial charge in [0.05, 0.1) is 0 Å². The summed E-state index contributed by atoms with van der Waals surface area (Å²) in [5, 5.41) is 5.26. The van der Waals surface area contributed by atoms with Gasteiger partial charge in [-0.2, -0.15) is 0 Å². The third-order valence-corrected chi connectivity index (χ3v) is 6.58. The van der Waals surface area contributed by atoms with E-state index in [4.69, 9.17) is 12.2 Å². The van der Waals surface area contributed by atoms with Crippen molar-refractivity contribution in [2.24, 2.45) is 0 Å². The van der Waals surface area contributed by atoms with Crippen LogP contribution in [0.2, 0.25) is 0 Å². The number of nitrogens with one attached hydrogen (secondary N) is 2. The van der Waals surface area contributed by atoms with Gasteiger partial charge in [-0.1, -0.05) is 60.7 Å². The number of thiocarbonyl (C=S) groups is 1. The molecule has 1 saturated heterocycles. The maximum atomic E-state index is 12.8. The summed E-state index contributed by atoms with van der Waals surface area (Å²) in [5.41, 5.74) is 6.55. The first-order chi connectivity index (χ1) is 16.1. The Morgan fingerprint density at radius 1 is 0.848 bits per heavy atom. The van der Waals surface area contributed by atoms with Gasteiger partial charge in [0.15, 0.2) is 5.11 Å². The van der Waals surface area contributed by atoms with Crippen LogP contribution in [0.4, 0.5) is 0 Å². The van der Waals surface area contributed by atoms with Crippen molar-refractivity contribution in [3.8, 4) is 0 Å². The molecule has 0 saturated carbocycles. The first-order valence-electron chi connectivity index (χ1n) is 11.3. The first-order valence-corrected chi connectivity index (χ1v) is 11.7. The Bertz CT molecular complexity index is 1190. The van der Waals surface area contributed by atoms with Crippen LogP contribution < -0.4 is 10.6 Å². The number of carbonyl (C=O) groups is 2. The molecular weight excluding hydrogens is 430 g/mol. The van der Waals surface area contributed by atoms with E-state index in [1.807, 2.05) is 30.3 Å². The van der Waals surface area contributed by atoms with Gasteiger partial charge in [0.25, 0.3) is 11.8 Å². The molecule has 5 rings (SSSR count). The average Bonchev–Trinajstić information content (AvgIpc) is 2.83. The summed E-state index contributed by atoms with van der Waals surface area (Å²) in [6.07, 6.45) is 6.83. The SMILES string of the molecule is O=C1NC(=S)NC(=O)C1=C1C=C(c2ccccc2)N(CCc2ccccc2)C2=C1CCCC2. The van der Waals surface area contributed by atoms with E-state index in [0.717, 1.165) is 61.1 Å². The van der Waals surface area contributed by atoms with E-state index in [1.165, 1.54) is 11.3 Å². The van der Waals surface area contributed by atoms with Crippen molar-refractivity contribution in [2.75, 3.05) is 6.54 Å². The molecule has 5 nitrogen and oxygen atoms in total. The molecule has 1 fully saturated rings. The highest BCUT2D eigenvalue weighted by Gasteiger charge is 2.35. The Morgan fingerprint density at radius 2 is 1.48 bits per heavy atom. The van der Waals surface area contributed by atoms with E-state index in [1.54, 1.807) is 0 Å². The fourth-order valence-corrected chi connectivity index (χ4v) is 5.03. The topological polar surface area (TPSA) is 61.4 Å². The van der Waals surface area contributed by atoms with Gasteiger partial charge < -0.3 is 4.90 Å². The summed E-state index contributed by atoms with van der Waals surface area (Å²) >= 11 is 5.01. The molecule has 2 N–H and O–H groups in total. The number of nitrogens with zero attached hydrogens (tertiary/aromatic N) is 1. The summed E-state index contributed by atoms with van der Waals surface area (Å²) in [6.45, 7) is 0.828. The average molecular weight is 456 g/mol. The van der Waals surface area contributed by atoms with Crippen LogP contribution in [0.3, 0.4) is 0 Å². The van der Waals surface area contributed by atoms with Crippen LogP contribution >= 0.6 is 12.2 Å². The van der Waals surface area contributed by atoms with Crippen LogP contribution in [-0.4, -0.2) is 28.4 Å². The lowest BCUT2D eigenvalue weighted by atomic mass is 9.83. The van der Waals surface area contributed by atoms with Gasteiger partial charge in [-0.15, -0.1) is 0 Å². The van der Waals surface area contributed by atoms with E-state index < -0.39 is 11.8 Å². The Labute approximate surface area is 198 Å². The van der Waals surface area contributed by atoms with Gasteiger partial charge in [-0.05, 0) is 72.7 Å². The summed E-state index contributed by atoms with van der Waals surface area (Å²) in [7, 11) is 0. The second-order valence-corrected chi connectivity index (χ2v) is 8.85. The van der Waals surface area contributed by atoms with Crippen LogP contribution in [0.1, 0.15) is 36.8 Å². The van der Waals surface area contributed by atoms with Gasteiger partial charge in [-0.3, -0.25) is 20.2 Å². The van der Waals surface area contributed by atoms with Gasteiger partial charge in [-0.25, -0.2) is 0 Å². The summed E-state index contributed by atoms with van der Waals surface area (Å²) in [4.78, 5) is 28.1. The van der Waals surface area contributed by atoms with Crippen molar-refractivity contribution in [2.45, 2.75) is 32.1 Å². The van der Waals surface area contributed by atoms with E-state index in [9.17, 15) is 9.59 Å². The Kier molecular flexibility index (Phi) is 5.92. The molecule has 0 spiro atoms. The third kappa shape index (κ3) is 4.26. The van der Waals surface area contributed by atoms with E-state index in [-0.39, 0.29) is 10.7 Å². The highest BCUT2D eigenvalue weighted by Crippen LogP contribution is 2.42. The Morgan fingerprint density at radius 3 is 2.18 bits per heavy atom. The zero-order valence-corrected chi connectivity index (χ0v) is 19.1. The van der Waals surface area contributed by atoms with Gasteiger partial charge in [0, 0.05) is 17.9 Å². The molecular formula is C27H25N3O2S. The molecule has 2 amide bonds. The van der Waals surface area contributed by atoms with Crippen molar-refractivity contribution in [3.63, 3.8) is 0 Å². The number of amides is 2. The molecule has 2 heterocycles. The minimum atomic E-state index is -0.433. The van der Waals surface area contributed by atoms with Crippen molar-refractivity contribution < 1.29 is 9.59 Å². The number of hydrogen-bond acceptors (Lipinski definition) is 4. The molecule has 1 aliphatic carbocycles. The largest absolute Gasteiger partial charge is 0.344 e. The zero-order chi connectivity index (χ0) is 22.8. The Balaban J connectivity index is 1.64. The zero-order valence-electron chi connectivity index (χ0n) is 18.3. The van der Waals surface area contributed by atoms with Crippen molar-refractivity contribution >= 4 is 34.8 Å². The number of carbonyl (C=O) groups excluding carboxylic acids is 2. The maximum absolute atomic E-state index is 12.8. The van der Waals surface area contributed by atoms with Crippen LogP contribution in [0.25, 0.3) is 5.70 Å². The predicted octanol–water partition coefficient (Wildman–Crippen LogP) is 4.24. The van der Waals surface area contributed by atoms with E-state index in [2.05, 4.69) is 51.9 Å². The molecule has 0 aromatic heterocycles. The molecule has 3 aliphatic rings. The maximum Gasteiger partial charge on any atom is 0.263 e. The van der Waals surface area contributed by atoms with Crippen molar-refractivity contribution in [1.82, 2.24) is 15.5 Å². The number of allylic oxidation sites excluding steroid dienone is 4. The molecule has 2 aliphatic heterocycles. The fraction of sp³-hybridized carbons (Fsp3) is 0.222. The lowest BCUT2D eigenvalue weighted by Gasteiger charge is -2.39. The van der Waals surface area contributed by atoms with Gasteiger partial charge in [0.1, 0.15) is 5.57 Å². The monoisotopic (exact) mass is 455 g/mol. The second kappa shape index (κ2) is 9.16. The standard InChI is InChI=1S/C27H25N3O2S/c31-25-24(26(32)29-27(33)28-25)21-17-23(19-11-5-2-6-12-19)30(22-14-8-7-13-20(21)22)16-15-18-9-3-1-4-10-18/h1-6,9-12,17H,7-8,13-16H2,(H2,28,29,31,32,33). The van der Waals surface area contributed by atoms with E-state index >= 15 is 0 Å². The van der Waals surface area contributed by atoms with E-state index in [0.29, 0.717) is 0 Å². The molecule has 0 bridgehead atoms. The Hall–Kier alpha value is -3.51. The van der Waals surface area contributed by atoms with Crippen molar-refractivity contribution in [3.05, 3.63) is 100 Å². The summed E-state index contributed by atoms with van der Waals surface area (Å²) in [5.74, 6) is -0.866. The highest BCUT2D eigenvalue weighted by atomic mass is 32.1. The third-order valence-electron chi connectivity index (χ3n) is 6.38. The number of hydrogen-bond donors (Lipinski definition) is 2. The number of benzene rings is 2. The molecule has 2 aromatic carbocycles. The molecule has 6 heteroatoms. The van der Waals surface area contributed by atoms with Gasteiger partial charge in [0.2, 0.25) is 0 Å². The van der Waals surface area contributed by atoms with Gasteiger partial charge >= 0.3 is 0 Å². The predicted molar refractivity (Wildman–Crippen MR) is 133 cm³/mol. The molecule has 2 aromatic rings. The first kappa shape index (κ1) is 21.3. The van der Waals surface area contributed by atoms with Crippen LogP contribution in [0.5, 0.6) is 0 Å². The molecule has 0 unspecified atom stereocenters. The van der Waals surface area contributed by atoms with Crippen LogP contribution in [0, 0.1) is 0 Å². The normalized spacial score (nSPS) is 18.6.